The Bertz CT molecular complexity index is 327. The zero-order valence-corrected chi connectivity index (χ0v) is 10.9. The summed E-state index contributed by atoms with van der Waals surface area (Å²) < 4.78 is 10.3. The minimum atomic E-state index is -0.287. The Balaban J connectivity index is 0.00000256. The van der Waals surface area contributed by atoms with Crippen molar-refractivity contribution >= 4 is 5.97 Å². The fourth-order valence-corrected chi connectivity index (χ4v) is 1.21. The van der Waals surface area contributed by atoms with E-state index in [4.69, 9.17) is 9.47 Å². The van der Waals surface area contributed by atoms with Crippen molar-refractivity contribution in [1.82, 2.24) is 0 Å². The molecule has 0 heterocycles. The molecule has 0 saturated heterocycles. The highest BCUT2D eigenvalue weighted by Gasteiger charge is 2.06. The molecular weight excluding hydrogens is 242 g/mol. The van der Waals surface area contributed by atoms with Crippen LogP contribution in [0.15, 0.2) is 24.3 Å². The van der Waals surface area contributed by atoms with Crippen LogP contribution in [-0.2, 0) is 4.74 Å². The lowest BCUT2D eigenvalue weighted by molar-refractivity contribution is -0.627. The van der Waals surface area contributed by atoms with E-state index in [0.29, 0.717) is 18.8 Å². The van der Waals surface area contributed by atoms with Crippen LogP contribution < -0.4 is 22.5 Å². The van der Waals surface area contributed by atoms with Gasteiger partial charge in [0, 0.05) is 0 Å². The maximum absolute atomic E-state index is 11.5. The van der Waals surface area contributed by atoms with E-state index in [-0.39, 0.29) is 18.4 Å². The van der Waals surface area contributed by atoms with Crippen molar-refractivity contribution in [1.29, 1.82) is 0 Å². The second kappa shape index (κ2) is 8.84. The van der Waals surface area contributed by atoms with Gasteiger partial charge in [-0.1, -0.05) is 0 Å². The molecule has 1 aromatic carbocycles. The smallest absolute Gasteiger partial charge is 0.338 e. The molecule has 4 nitrogen and oxygen atoms in total. The standard InChI is InChI=1S/C12H17NO3.ClH/c1-3-15-11-6-4-10(5-7-11)12(14)16-9-8-13-2;/h4-7,13H,3,8-9H2,1-2H3;1H. The number of carbonyl (C=O) groups excluding carboxylic acids is 1. The number of halogens is 1. The van der Waals surface area contributed by atoms with Gasteiger partial charge in [-0.3, -0.25) is 0 Å². The largest absolute Gasteiger partial charge is 1.00 e. The third kappa shape index (κ3) is 5.56. The number of likely N-dealkylation sites (N-methyl/N-ethyl adjacent to an activating group) is 1. The highest BCUT2D eigenvalue weighted by Crippen LogP contribution is 2.12. The molecule has 0 spiro atoms. The summed E-state index contributed by atoms with van der Waals surface area (Å²) in [5, 5.41) is 1.96. The Morgan fingerprint density at radius 2 is 1.94 bits per heavy atom. The zero-order chi connectivity index (χ0) is 11.8. The van der Waals surface area contributed by atoms with Crippen LogP contribution in [0.1, 0.15) is 17.3 Å². The SMILES string of the molecule is CCOc1ccc(C(=O)OCC[NH2+]C)cc1.[Cl-]. The number of ether oxygens (including phenoxy) is 2. The first kappa shape index (κ1) is 15.7. The van der Waals surface area contributed by atoms with Crippen LogP contribution >= 0.6 is 0 Å². The topological polar surface area (TPSA) is 52.1 Å². The van der Waals surface area contributed by atoms with Gasteiger partial charge >= 0.3 is 5.97 Å². The molecule has 0 aliphatic carbocycles. The van der Waals surface area contributed by atoms with Gasteiger partial charge < -0.3 is 27.2 Å². The molecule has 0 radical (unpaired) electrons. The van der Waals surface area contributed by atoms with E-state index in [9.17, 15) is 4.79 Å². The van der Waals surface area contributed by atoms with E-state index in [1.807, 2.05) is 19.3 Å². The van der Waals surface area contributed by atoms with Crippen molar-refractivity contribution in [2.24, 2.45) is 0 Å². The Morgan fingerprint density at radius 3 is 2.47 bits per heavy atom. The Hall–Kier alpha value is -1.26. The van der Waals surface area contributed by atoms with E-state index in [1.165, 1.54) is 0 Å². The summed E-state index contributed by atoms with van der Waals surface area (Å²) in [6.07, 6.45) is 0. The summed E-state index contributed by atoms with van der Waals surface area (Å²) in [4.78, 5) is 11.5. The maximum Gasteiger partial charge on any atom is 0.338 e. The van der Waals surface area contributed by atoms with Crippen LogP contribution in [0, 0.1) is 0 Å². The quantitative estimate of drug-likeness (QED) is 0.452. The zero-order valence-electron chi connectivity index (χ0n) is 10.1. The van der Waals surface area contributed by atoms with E-state index < -0.39 is 0 Å². The number of benzene rings is 1. The number of rotatable bonds is 6. The monoisotopic (exact) mass is 259 g/mol. The molecule has 0 atom stereocenters. The second-order valence-electron chi connectivity index (χ2n) is 3.29. The highest BCUT2D eigenvalue weighted by atomic mass is 35.5. The minimum absolute atomic E-state index is 0. The van der Waals surface area contributed by atoms with E-state index in [1.54, 1.807) is 24.3 Å². The number of hydrogen-bond acceptors (Lipinski definition) is 3. The fourth-order valence-electron chi connectivity index (χ4n) is 1.21. The van der Waals surface area contributed by atoms with Gasteiger partial charge in [0.25, 0.3) is 0 Å². The molecule has 0 amide bonds. The van der Waals surface area contributed by atoms with Crippen molar-refractivity contribution in [3.63, 3.8) is 0 Å². The molecule has 96 valence electrons. The van der Waals surface area contributed by atoms with Gasteiger partial charge in [-0.15, -0.1) is 0 Å². The summed E-state index contributed by atoms with van der Waals surface area (Å²) in [6.45, 7) is 3.75. The van der Waals surface area contributed by atoms with Crippen molar-refractivity contribution in [2.75, 3.05) is 26.8 Å². The summed E-state index contributed by atoms with van der Waals surface area (Å²) in [7, 11) is 1.94. The third-order valence-corrected chi connectivity index (χ3v) is 2.04. The van der Waals surface area contributed by atoms with Crippen molar-refractivity contribution in [3.8, 4) is 5.75 Å². The lowest BCUT2D eigenvalue weighted by Gasteiger charge is -2.05. The minimum Gasteiger partial charge on any atom is -1.00 e. The van der Waals surface area contributed by atoms with Gasteiger partial charge in [-0.25, -0.2) is 4.79 Å². The molecule has 0 bridgehead atoms. The van der Waals surface area contributed by atoms with E-state index >= 15 is 0 Å². The van der Waals surface area contributed by atoms with Crippen molar-refractivity contribution in [2.45, 2.75) is 6.92 Å². The average molecular weight is 260 g/mol. The Labute approximate surface area is 108 Å². The lowest BCUT2D eigenvalue weighted by atomic mass is 10.2. The molecule has 1 rings (SSSR count). The second-order valence-corrected chi connectivity index (χ2v) is 3.29. The predicted octanol–water partition coefficient (Wildman–Crippen LogP) is -2.56. The first-order chi connectivity index (χ1) is 7.77. The van der Waals surface area contributed by atoms with Gasteiger partial charge in [0.2, 0.25) is 0 Å². The molecule has 0 aliphatic heterocycles. The van der Waals surface area contributed by atoms with Gasteiger partial charge in [0.15, 0.2) is 0 Å². The number of hydrogen-bond donors (Lipinski definition) is 1. The highest BCUT2D eigenvalue weighted by molar-refractivity contribution is 5.89. The van der Waals surface area contributed by atoms with Crippen molar-refractivity contribution in [3.05, 3.63) is 29.8 Å². The summed E-state index contributed by atoms with van der Waals surface area (Å²) in [5.74, 6) is 0.478. The normalized spacial score (nSPS) is 9.29. The van der Waals surface area contributed by atoms with Crippen LogP contribution in [0.3, 0.4) is 0 Å². The van der Waals surface area contributed by atoms with Crippen LogP contribution in [0.2, 0.25) is 0 Å². The molecule has 0 aromatic heterocycles. The molecule has 0 saturated carbocycles. The van der Waals surface area contributed by atoms with Crippen LogP contribution in [0.25, 0.3) is 0 Å². The molecule has 5 heteroatoms. The number of nitrogens with two attached hydrogens (primary N) is 1. The number of carbonyl (C=O) groups is 1. The summed E-state index contributed by atoms with van der Waals surface area (Å²) in [5.41, 5.74) is 0.555. The number of quaternary nitrogens is 1. The average Bonchev–Trinajstić information content (AvgIpc) is 2.30. The molecule has 0 aliphatic rings. The predicted molar refractivity (Wildman–Crippen MR) is 60.6 cm³/mol. The molecule has 0 unspecified atom stereocenters. The molecule has 2 N–H and O–H groups in total. The maximum atomic E-state index is 11.5. The van der Waals surface area contributed by atoms with E-state index in [2.05, 4.69) is 0 Å². The van der Waals surface area contributed by atoms with Crippen LogP contribution in [0.4, 0.5) is 0 Å². The Morgan fingerprint density at radius 1 is 1.29 bits per heavy atom. The van der Waals surface area contributed by atoms with Gasteiger partial charge in [0.1, 0.15) is 18.9 Å². The fraction of sp³-hybridized carbons (Fsp3) is 0.417. The summed E-state index contributed by atoms with van der Waals surface area (Å²) >= 11 is 0. The first-order valence-electron chi connectivity index (χ1n) is 5.45. The van der Waals surface area contributed by atoms with Crippen molar-refractivity contribution < 1.29 is 32.0 Å². The Kier molecular flexibility index (Phi) is 8.19. The number of esters is 1. The molecule has 17 heavy (non-hydrogen) atoms. The third-order valence-electron chi connectivity index (χ3n) is 2.04. The first-order valence-corrected chi connectivity index (χ1v) is 5.45. The van der Waals surface area contributed by atoms with Crippen LogP contribution in [-0.4, -0.2) is 32.8 Å². The van der Waals surface area contributed by atoms with Gasteiger partial charge in [-0.05, 0) is 31.2 Å². The summed E-state index contributed by atoms with van der Waals surface area (Å²) in [6, 6.07) is 6.96. The molecule has 1 aromatic rings. The van der Waals surface area contributed by atoms with Crippen LogP contribution in [0.5, 0.6) is 5.75 Å². The molecule has 0 fully saturated rings. The van der Waals surface area contributed by atoms with Gasteiger partial charge in [0.05, 0.1) is 19.2 Å². The van der Waals surface area contributed by atoms with Gasteiger partial charge in [-0.2, -0.15) is 0 Å². The van der Waals surface area contributed by atoms with E-state index in [0.717, 1.165) is 12.3 Å². The lowest BCUT2D eigenvalue weighted by Crippen LogP contribution is -3.00. The molecular formula is C12H18ClNO3.